The number of rotatable bonds is 2. The van der Waals surface area contributed by atoms with Crippen LogP contribution in [0.1, 0.15) is 51.9 Å². The maximum atomic E-state index is 5.34. The number of hydrogen-bond donors (Lipinski definition) is 1. The Morgan fingerprint density at radius 3 is 2.75 bits per heavy atom. The predicted octanol–water partition coefficient (Wildman–Crippen LogP) is 2.33. The molecule has 4 heteroatoms. The van der Waals surface area contributed by atoms with Crippen LogP contribution in [-0.4, -0.2) is 16.7 Å². The maximum Gasteiger partial charge on any atom is 0.244 e. The molecule has 0 saturated carbocycles. The van der Waals surface area contributed by atoms with Crippen molar-refractivity contribution in [3.8, 4) is 0 Å². The third-order valence-electron chi connectivity index (χ3n) is 2.97. The maximum absolute atomic E-state index is 5.34. The normalized spacial score (nSPS) is 26.2. The Balaban J connectivity index is 2.07. The van der Waals surface area contributed by atoms with Crippen molar-refractivity contribution in [1.82, 2.24) is 15.5 Å². The molecule has 1 aromatic heterocycles. The van der Waals surface area contributed by atoms with Crippen molar-refractivity contribution < 1.29 is 4.52 Å². The lowest BCUT2D eigenvalue weighted by Crippen LogP contribution is -2.17. The highest BCUT2D eigenvalue weighted by Gasteiger charge is 2.29. The summed E-state index contributed by atoms with van der Waals surface area (Å²) in [6, 6.07) is 0.251. The molecular formula is C12H21N3O. The summed E-state index contributed by atoms with van der Waals surface area (Å²) in [5.41, 5.74) is 0.204. The predicted molar refractivity (Wildman–Crippen MR) is 62.0 cm³/mol. The summed E-state index contributed by atoms with van der Waals surface area (Å²) in [5.74, 6) is 2.16. The van der Waals surface area contributed by atoms with Crippen LogP contribution in [-0.2, 0) is 6.42 Å². The molecule has 1 aromatic rings. The van der Waals surface area contributed by atoms with Crippen molar-refractivity contribution in [2.75, 3.05) is 6.54 Å². The number of hydrogen-bond acceptors (Lipinski definition) is 4. The molecule has 2 atom stereocenters. The molecule has 0 radical (unpaired) electrons. The van der Waals surface area contributed by atoms with Gasteiger partial charge in [-0.3, -0.25) is 0 Å². The van der Waals surface area contributed by atoms with E-state index in [4.69, 9.17) is 4.52 Å². The van der Waals surface area contributed by atoms with E-state index in [1.165, 1.54) is 6.42 Å². The lowest BCUT2D eigenvalue weighted by Gasteiger charge is -2.14. The molecule has 0 spiro atoms. The average molecular weight is 223 g/mol. The second kappa shape index (κ2) is 4.17. The molecule has 1 aliphatic rings. The van der Waals surface area contributed by atoms with Crippen LogP contribution < -0.4 is 5.32 Å². The smallest absolute Gasteiger partial charge is 0.244 e. The van der Waals surface area contributed by atoms with Crippen molar-refractivity contribution in [1.29, 1.82) is 0 Å². The molecule has 16 heavy (non-hydrogen) atoms. The first-order chi connectivity index (χ1) is 7.46. The van der Waals surface area contributed by atoms with Gasteiger partial charge >= 0.3 is 0 Å². The molecule has 2 unspecified atom stereocenters. The van der Waals surface area contributed by atoms with Gasteiger partial charge in [0, 0.05) is 6.42 Å². The third kappa shape index (κ3) is 2.61. The van der Waals surface area contributed by atoms with Crippen LogP contribution in [0.3, 0.4) is 0 Å². The highest BCUT2D eigenvalue weighted by Crippen LogP contribution is 2.28. The van der Waals surface area contributed by atoms with Crippen molar-refractivity contribution in [2.24, 2.45) is 11.3 Å². The van der Waals surface area contributed by atoms with Crippen LogP contribution in [0, 0.1) is 11.3 Å². The molecular weight excluding hydrogens is 202 g/mol. The number of nitrogens with one attached hydrogen (secondary N) is 1. The van der Waals surface area contributed by atoms with Gasteiger partial charge in [-0.25, -0.2) is 0 Å². The largest absolute Gasteiger partial charge is 0.338 e. The van der Waals surface area contributed by atoms with Crippen molar-refractivity contribution in [3.05, 3.63) is 11.7 Å². The number of aromatic nitrogens is 2. The molecule has 2 heterocycles. The van der Waals surface area contributed by atoms with Gasteiger partial charge in [0.15, 0.2) is 5.82 Å². The molecule has 0 aromatic carbocycles. The Morgan fingerprint density at radius 2 is 2.19 bits per heavy atom. The molecule has 2 rings (SSSR count). The van der Waals surface area contributed by atoms with Gasteiger partial charge in [-0.05, 0) is 24.3 Å². The summed E-state index contributed by atoms with van der Waals surface area (Å²) < 4.78 is 5.34. The van der Waals surface area contributed by atoms with Gasteiger partial charge in [0.05, 0.1) is 6.04 Å². The average Bonchev–Trinajstić information content (AvgIpc) is 2.71. The van der Waals surface area contributed by atoms with Crippen LogP contribution in [0.2, 0.25) is 0 Å². The summed E-state index contributed by atoms with van der Waals surface area (Å²) in [5, 5.41) is 7.46. The van der Waals surface area contributed by atoms with E-state index in [0.717, 1.165) is 24.7 Å². The van der Waals surface area contributed by atoms with E-state index in [0.29, 0.717) is 5.92 Å². The van der Waals surface area contributed by atoms with Gasteiger partial charge in [-0.1, -0.05) is 32.9 Å². The minimum Gasteiger partial charge on any atom is -0.338 e. The first-order valence-corrected chi connectivity index (χ1v) is 6.01. The van der Waals surface area contributed by atoms with E-state index in [1.807, 2.05) is 0 Å². The lowest BCUT2D eigenvalue weighted by atomic mass is 9.92. The van der Waals surface area contributed by atoms with E-state index in [1.54, 1.807) is 0 Å². The van der Waals surface area contributed by atoms with Crippen LogP contribution >= 0.6 is 0 Å². The fourth-order valence-corrected chi connectivity index (χ4v) is 2.11. The van der Waals surface area contributed by atoms with E-state index in [2.05, 4.69) is 43.2 Å². The molecule has 0 aliphatic carbocycles. The first-order valence-electron chi connectivity index (χ1n) is 6.01. The van der Waals surface area contributed by atoms with Gasteiger partial charge in [-0.15, -0.1) is 0 Å². The zero-order chi connectivity index (χ0) is 11.8. The van der Waals surface area contributed by atoms with Crippen molar-refractivity contribution >= 4 is 0 Å². The monoisotopic (exact) mass is 223 g/mol. The molecule has 1 N–H and O–H groups in total. The molecule has 0 amide bonds. The summed E-state index contributed by atoms with van der Waals surface area (Å²) in [6.45, 7) is 9.81. The summed E-state index contributed by atoms with van der Waals surface area (Å²) in [7, 11) is 0. The van der Waals surface area contributed by atoms with Gasteiger partial charge in [-0.2, -0.15) is 4.98 Å². The molecule has 1 fully saturated rings. The fraction of sp³-hybridized carbons (Fsp3) is 0.833. The van der Waals surface area contributed by atoms with Crippen LogP contribution in [0.5, 0.6) is 0 Å². The Hall–Kier alpha value is -0.900. The second-order valence-corrected chi connectivity index (χ2v) is 5.98. The third-order valence-corrected chi connectivity index (χ3v) is 2.97. The molecule has 90 valence electrons. The quantitative estimate of drug-likeness (QED) is 0.836. The Labute approximate surface area is 96.8 Å². The minimum absolute atomic E-state index is 0.204. The summed E-state index contributed by atoms with van der Waals surface area (Å²) in [4.78, 5) is 4.49. The standard InChI is InChI=1S/C12H21N3O/c1-8-5-6-13-10(8)11-14-9(15-16-11)7-12(2,3)4/h8,10,13H,5-7H2,1-4H3. The summed E-state index contributed by atoms with van der Waals surface area (Å²) in [6.07, 6.45) is 2.04. The summed E-state index contributed by atoms with van der Waals surface area (Å²) >= 11 is 0. The van der Waals surface area contributed by atoms with Crippen LogP contribution in [0.4, 0.5) is 0 Å². The number of nitrogens with zero attached hydrogens (tertiary/aromatic N) is 2. The van der Waals surface area contributed by atoms with Crippen molar-refractivity contribution in [3.63, 3.8) is 0 Å². The van der Waals surface area contributed by atoms with Gasteiger partial charge < -0.3 is 9.84 Å². The molecule has 0 bridgehead atoms. The van der Waals surface area contributed by atoms with Gasteiger partial charge in [0.25, 0.3) is 0 Å². The zero-order valence-electron chi connectivity index (χ0n) is 10.6. The SMILES string of the molecule is CC1CCNC1c1nc(CC(C)(C)C)no1. The Kier molecular flexibility index (Phi) is 3.02. The lowest BCUT2D eigenvalue weighted by molar-refractivity contribution is 0.312. The van der Waals surface area contributed by atoms with Crippen LogP contribution in [0.25, 0.3) is 0 Å². The zero-order valence-corrected chi connectivity index (χ0v) is 10.6. The Bertz CT molecular complexity index is 353. The van der Waals surface area contributed by atoms with Gasteiger partial charge in [0.1, 0.15) is 0 Å². The van der Waals surface area contributed by atoms with Crippen molar-refractivity contribution in [2.45, 2.75) is 46.6 Å². The van der Waals surface area contributed by atoms with Gasteiger partial charge in [0.2, 0.25) is 5.89 Å². The van der Waals surface area contributed by atoms with Crippen LogP contribution in [0.15, 0.2) is 4.52 Å². The van der Waals surface area contributed by atoms with E-state index >= 15 is 0 Å². The molecule has 1 aliphatic heterocycles. The fourth-order valence-electron chi connectivity index (χ4n) is 2.11. The first kappa shape index (κ1) is 11.6. The van der Waals surface area contributed by atoms with E-state index in [-0.39, 0.29) is 11.5 Å². The highest BCUT2D eigenvalue weighted by atomic mass is 16.5. The Morgan fingerprint density at radius 1 is 1.44 bits per heavy atom. The molecule has 4 nitrogen and oxygen atoms in total. The highest BCUT2D eigenvalue weighted by molar-refractivity contribution is 4.99. The minimum atomic E-state index is 0.204. The topological polar surface area (TPSA) is 51.0 Å². The van der Waals surface area contributed by atoms with E-state index in [9.17, 15) is 0 Å². The van der Waals surface area contributed by atoms with E-state index < -0.39 is 0 Å². The molecule has 1 saturated heterocycles. The second-order valence-electron chi connectivity index (χ2n) is 5.98.